The lowest BCUT2D eigenvalue weighted by atomic mass is 10.0. The first-order valence-corrected chi connectivity index (χ1v) is 4.49. The Hall–Kier alpha value is 0.410. The van der Waals surface area contributed by atoms with Gasteiger partial charge in [-0.3, -0.25) is 0 Å². The van der Waals surface area contributed by atoms with Gasteiger partial charge in [0, 0.05) is 10.7 Å². The number of alkyl halides is 2. The summed E-state index contributed by atoms with van der Waals surface area (Å²) in [6.45, 7) is 0. The lowest BCUT2D eigenvalue weighted by Crippen LogP contribution is -2.11. The molecule has 2 heteroatoms. The third-order valence-corrected chi connectivity index (χ3v) is 3.78. The molecule has 0 nitrogen and oxygen atoms in total. The van der Waals surface area contributed by atoms with Gasteiger partial charge in [0.15, 0.2) is 0 Å². The Bertz CT molecular complexity index is 126. The van der Waals surface area contributed by atoms with Crippen LogP contribution in [-0.4, -0.2) is 11.0 Å². The van der Waals surface area contributed by atoms with Gasteiger partial charge in [-0.2, -0.15) is 0 Å². The molecule has 0 N–H and O–H groups in total. The second-order valence-electron chi connectivity index (χ2n) is 3.20. The normalized spacial score (nSPS) is 56.7. The standard InChI is InChI=1S/C7H10BrF/c8-6-3-4-1-2-5(6)7(4)9/h4-7H,1-3H2/t4-,5+,6-,7?/m0/s1. The largest absolute Gasteiger partial charge is 0.247 e. The summed E-state index contributed by atoms with van der Waals surface area (Å²) in [7, 11) is 0. The molecule has 2 bridgehead atoms. The van der Waals surface area contributed by atoms with Gasteiger partial charge in [0.1, 0.15) is 6.17 Å². The van der Waals surface area contributed by atoms with Crippen molar-refractivity contribution >= 4 is 15.9 Å². The van der Waals surface area contributed by atoms with Crippen LogP contribution in [-0.2, 0) is 0 Å². The zero-order chi connectivity index (χ0) is 6.43. The predicted octanol–water partition coefficient (Wildman–Crippen LogP) is 2.52. The van der Waals surface area contributed by atoms with Gasteiger partial charge in [-0.25, -0.2) is 4.39 Å². The first-order valence-electron chi connectivity index (χ1n) is 3.57. The van der Waals surface area contributed by atoms with Crippen molar-refractivity contribution in [3.63, 3.8) is 0 Å². The maximum absolute atomic E-state index is 13.0. The minimum atomic E-state index is -0.477. The van der Waals surface area contributed by atoms with Crippen LogP contribution in [0.3, 0.4) is 0 Å². The first-order chi connectivity index (χ1) is 4.29. The summed E-state index contributed by atoms with van der Waals surface area (Å²) in [5.74, 6) is 0.759. The molecule has 0 amide bonds. The Balaban J connectivity index is 2.16. The SMILES string of the molecule is FC1[C@H]2CC[C@@H]1[C@@H](Br)C2. The summed E-state index contributed by atoms with van der Waals surface area (Å²) in [5.41, 5.74) is 0. The predicted molar refractivity (Wildman–Crippen MR) is 38.4 cm³/mol. The molecule has 9 heavy (non-hydrogen) atoms. The summed E-state index contributed by atoms with van der Waals surface area (Å²) >= 11 is 3.50. The fourth-order valence-corrected chi connectivity index (χ4v) is 3.20. The fourth-order valence-electron chi connectivity index (χ4n) is 2.17. The molecule has 1 unspecified atom stereocenters. The van der Waals surface area contributed by atoms with E-state index in [2.05, 4.69) is 15.9 Å². The monoisotopic (exact) mass is 192 g/mol. The summed E-state index contributed by atoms with van der Waals surface area (Å²) in [5, 5.41) is 0. The number of halogens is 2. The molecule has 52 valence electrons. The second kappa shape index (κ2) is 1.94. The molecule has 0 heterocycles. The summed E-state index contributed by atoms with van der Waals surface area (Å²) in [4.78, 5) is 0.492. The molecule has 2 fully saturated rings. The Morgan fingerprint density at radius 1 is 1.33 bits per heavy atom. The van der Waals surface area contributed by atoms with Gasteiger partial charge in [0.25, 0.3) is 0 Å². The minimum Gasteiger partial charge on any atom is -0.247 e. The maximum atomic E-state index is 13.0. The Morgan fingerprint density at radius 2 is 2.11 bits per heavy atom. The van der Waals surface area contributed by atoms with E-state index in [0.29, 0.717) is 16.7 Å². The van der Waals surface area contributed by atoms with Crippen LogP contribution in [0, 0.1) is 11.8 Å². The highest BCUT2D eigenvalue weighted by molar-refractivity contribution is 9.09. The van der Waals surface area contributed by atoms with E-state index < -0.39 is 6.17 Å². The molecular weight excluding hydrogens is 183 g/mol. The first kappa shape index (κ1) is 6.14. The van der Waals surface area contributed by atoms with Gasteiger partial charge >= 0.3 is 0 Å². The number of hydrogen-bond donors (Lipinski definition) is 0. The van der Waals surface area contributed by atoms with Crippen LogP contribution < -0.4 is 0 Å². The lowest BCUT2D eigenvalue weighted by Gasteiger charge is -2.12. The molecule has 2 rings (SSSR count). The smallest absolute Gasteiger partial charge is 0.107 e. The Kier molecular flexibility index (Phi) is 1.33. The second-order valence-corrected chi connectivity index (χ2v) is 4.37. The molecular formula is C7H10BrF. The van der Waals surface area contributed by atoms with E-state index in [1.165, 1.54) is 0 Å². The van der Waals surface area contributed by atoms with Crippen LogP contribution in [0.25, 0.3) is 0 Å². The van der Waals surface area contributed by atoms with E-state index in [1.54, 1.807) is 0 Å². The van der Waals surface area contributed by atoms with E-state index >= 15 is 0 Å². The van der Waals surface area contributed by atoms with Crippen LogP contribution in [0.5, 0.6) is 0 Å². The van der Waals surface area contributed by atoms with Crippen molar-refractivity contribution in [2.45, 2.75) is 30.3 Å². The molecule has 0 aromatic rings. The van der Waals surface area contributed by atoms with E-state index in [1.807, 2.05) is 0 Å². The van der Waals surface area contributed by atoms with Gasteiger partial charge in [-0.05, 0) is 25.2 Å². The molecule has 0 spiro atoms. The highest BCUT2D eigenvalue weighted by Gasteiger charge is 2.47. The van der Waals surface area contributed by atoms with Gasteiger partial charge in [-0.1, -0.05) is 15.9 Å². The fraction of sp³-hybridized carbons (Fsp3) is 1.00. The zero-order valence-corrected chi connectivity index (χ0v) is 6.77. The molecule has 2 aliphatic rings. The van der Waals surface area contributed by atoms with Crippen LogP contribution in [0.15, 0.2) is 0 Å². The Labute approximate surface area is 63.0 Å². The molecule has 0 saturated heterocycles. The molecule has 0 radical (unpaired) electrons. The van der Waals surface area contributed by atoms with E-state index in [0.717, 1.165) is 19.3 Å². The average Bonchev–Trinajstić information content (AvgIpc) is 2.25. The van der Waals surface area contributed by atoms with Crippen LogP contribution >= 0.6 is 15.9 Å². The quantitative estimate of drug-likeness (QED) is 0.518. The Morgan fingerprint density at radius 3 is 2.33 bits per heavy atom. The number of hydrogen-bond acceptors (Lipinski definition) is 0. The molecule has 0 aliphatic heterocycles. The number of rotatable bonds is 0. The van der Waals surface area contributed by atoms with Crippen molar-refractivity contribution in [1.29, 1.82) is 0 Å². The van der Waals surface area contributed by atoms with Gasteiger partial charge in [0.05, 0.1) is 0 Å². The molecule has 2 aliphatic carbocycles. The van der Waals surface area contributed by atoms with E-state index in [4.69, 9.17) is 0 Å². The van der Waals surface area contributed by atoms with Gasteiger partial charge < -0.3 is 0 Å². The average molecular weight is 193 g/mol. The molecule has 4 atom stereocenters. The van der Waals surface area contributed by atoms with Crippen molar-refractivity contribution in [3.8, 4) is 0 Å². The topological polar surface area (TPSA) is 0 Å². The van der Waals surface area contributed by atoms with E-state index in [-0.39, 0.29) is 0 Å². The number of fused-ring (bicyclic) bond motifs is 2. The van der Waals surface area contributed by atoms with Crippen molar-refractivity contribution in [2.75, 3.05) is 0 Å². The molecule has 0 aromatic carbocycles. The highest BCUT2D eigenvalue weighted by atomic mass is 79.9. The summed E-state index contributed by atoms with van der Waals surface area (Å²) < 4.78 is 13.0. The van der Waals surface area contributed by atoms with Gasteiger partial charge in [0.2, 0.25) is 0 Å². The van der Waals surface area contributed by atoms with Crippen LogP contribution in [0.2, 0.25) is 0 Å². The zero-order valence-electron chi connectivity index (χ0n) is 5.19. The minimum absolute atomic E-state index is 0.356. The van der Waals surface area contributed by atoms with Crippen molar-refractivity contribution in [1.82, 2.24) is 0 Å². The third kappa shape index (κ3) is 0.754. The van der Waals surface area contributed by atoms with Crippen molar-refractivity contribution in [3.05, 3.63) is 0 Å². The third-order valence-electron chi connectivity index (χ3n) is 2.72. The summed E-state index contributed by atoms with van der Waals surface area (Å²) in [6.07, 6.45) is 2.84. The van der Waals surface area contributed by atoms with Crippen molar-refractivity contribution < 1.29 is 4.39 Å². The van der Waals surface area contributed by atoms with Crippen LogP contribution in [0.1, 0.15) is 19.3 Å². The lowest BCUT2D eigenvalue weighted by molar-refractivity contribution is 0.264. The van der Waals surface area contributed by atoms with E-state index in [9.17, 15) is 4.39 Å². The van der Waals surface area contributed by atoms with Crippen LogP contribution in [0.4, 0.5) is 4.39 Å². The molecule has 2 saturated carbocycles. The highest BCUT2D eigenvalue weighted by Crippen LogP contribution is 2.49. The molecule has 0 aromatic heterocycles. The maximum Gasteiger partial charge on any atom is 0.107 e. The summed E-state index contributed by atoms with van der Waals surface area (Å²) in [6, 6.07) is 0. The van der Waals surface area contributed by atoms with Gasteiger partial charge in [-0.15, -0.1) is 0 Å². The van der Waals surface area contributed by atoms with Crippen molar-refractivity contribution in [2.24, 2.45) is 11.8 Å².